The molecule has 0 fully saturated rings. The summed E-state index contributed by atoms with van der Waals surface area (Å²) in [5.41, 5.74) is 0.919. The van der Waals surface area contributed by atoms with Crippen molar-refractivity contribution in [2.45, 2.75) is 18.8 Å². The van der Waals surface area contributed by atoms with Gasteiger partial charge in [0.25, 0.3) is 0 Å². The van der Waals surface area contributed by atoms with E-state index in [9.17, 15) is 4.79 Å². The van der Waals surface area contributed by atoms with Gasteiger partial charge in [0.2, 0.25) is 0 Å². The van der Waals surface area contributed by atoms with Crippen LogP contribution in [0.4, 0.5) is 0 Å². The van der Waals surface area contributed by atoms with Crippen LogP contribution in [0.3, 0.4) is 0 Å². The number of halogens is 1. The van der Waals surface area contributed by atoms with Crippen molar-refractivity contribution in [3.05, 3.63) is 29.8 Å². The Kier molecular flexibility index (Phi) is 3.72. The van der Waals surface area contributed by atoms with Gasteiger partial charge in [-0.3, -0.25) is 10.1 Å². The smallest absolute Gasteiger partial charge is 0.308 e. The molecule has 0 aliphatic heterocycles. The third kappa shape index (κ3) is 3.22. The van der Waals surface area contributed by atoms with Crippen LogP contribution in [-0.2, 0) is 9.79 Å². The molecule has 1 unspecified atom stereocenters. The maximum Gasteiger partial charge on any atom is 0.308 e. The largest absolute Gasteiger partial charge is 0.427 e. The van der Waals surface area contributed by atoms with Gasteiger partial charge < -0.3 is 4.74 Å². The number of ether oxygens (including phenoxy) is 1. The number of hydrogen-bond donors (Lipinski definition) is 1. The summed E-state index contributed by atoms with van der Waals surface area (Å²) in [6.45, 7) is 3.22. The Morgan fingerprint density at radius 2 is 1.93 bits per heavy atom. The molecule has 4 heteroatoms. The Balaban J connectivity index is 2.85. The molecule has 0 spiro atoms. The van der Waals surface area contributed by atoms with E-state index < -0.39 is 5.00 Å². The van der Waals surface area contributed by atoms with Gasteiger partial charge in [0.05, 0.1) is 0 Å². The number of esters is 1. The highest BCUT2D eigenvalue weighted by Gasteiger charge is 2.20. The van der Waals surface area contributed by atoms with Gasteiger partial charge in [-0.1, -0.05) is 23.7 Å². The van der Waals surface area contributed by atoms with E-state index in [4.69, 9.17) is 16.3 Å². The molecule has 82 valence electrons. The maximum absolute atomic E-state index is 10.7. The van der Waals surface area contributed by atoms with Gasteiger partial charge in [-0.05, 0) is 31.7 Å². The number of rotatable bonds is 3. The molecule has 0 amide bonds. The zero-order chi connectivity index (χ0) is 11.5. The minimum Gasteiger partial charge on any atom is -0.427 e. The van der Waals surface area contributed by atoms with E-state index in [-0.39, 0.29) is 5.97 Å². The van der Waals surface area contributed by atoms with E-state index >= 15 is 0 Å². The van der Waals surface area contributed by atoms with E-state index in [1.54, 1.807) is 19.2 Å². The zero-order valence-electron chi connectivity index (χ0n) is 9.00. The Labute approximate surface area is 94.4 Å². The van der Waals surface area contributed by atoms with Crippen molar-refractivity contribution in [3.63, 3.8) is 0 Å². The number of carbonyl (C=O) groups excluding carboxylic acids is 1. The lowest BCUT2D eigenvalue weighted by Crippen LogP contribution is -2.30. The predicted octanol–water partition coefficient (Wildman–Crippen LogP) is 2.24. The fraction of sp³-hybridized carbons (Fsp3) is 0.364. The normalized spacial score (nSPS) is 14.4. The molecule has 3 nitrogen and oxygen atoms in total. The number of benzene rings is 1. The van der Waals surface area contributed by atoms with Crippen molar-refractivity contribution in [3.8, 4) is 5.75 Å². The summed E-state index contributed by atoms with van der Waals surface area (Å²) in [7, 11) is 1.78. The van der Waals surface area contributed by atoms with E-state index in [1.165, 1.54) is 6.92 Å². The molecule has 0 bridgehead atoms. The molecule has 1 aromatic carbocycles. The number of nitrogens with one attached hydrogen (secondary N) is 1. The lowest BCUT2D eigenvalue weighted by atomic mass is 10.1. The second kappa shape index (κ2) is 4.64. The van der Waals surface area contributed by atoms with E-state index in [1.807, 2.05) is 19.1 Å². The molecule has 0 saturated carbocycles. The first kappa shape index (κ1) is 12.0. The molecule has 0 aromatic heterocycles. The minimum absolute atomic E-state index is 0.329. The van der Waals surface area contributed by atoms with Gasteiger partial charge in [0, 0.05) is 6.92 Å². The molecule has 1 N–H and O–H groups in total. The van der Waals surface area contributed by atoms with Crippen LogP contribution in [0, 0.1) is 0 Å². The van der Waals surface area contributed by atoms with Gasteiger partial charge in [0.15, 0.2) is 0 Å². The molecule has 0 aliphatic carbocycles. The topological polar surface area (TPSA) is 38.3 Å². The van der Waals surface area contributed by atoms with Crippen LogP contribution in [0.1, 0.15) is 19.4 Å². The quantitative estimate of drug-likeness (QED) is 0.373. The molecular formula is C11H14ClNO2. The Morgan fingerprint density at radius 3 is 2.33 bits per heavy atom. The first-order chi connectivity index (χ1) is 6.95. The Bertz CT molecular complexity index is 346. The van der Waals surface area contributed by atoms with Crippen LogP contribution < -0.4 is 10.1 Å². The van der Waals surface area contributed by atoms with Gasteiger partial charge in [-0.15, -0.1) is 0 Å². The van der Waals surface area contributed by atoms with E-state index in [0.29, 0.717) is 5.75 Å². The van der Waals surface area contributed by atoms with Crippen LogP contribution in [0.15, 0.2) is 24.3 Å². The molecule has 0 aliphatic rings. The minimum atomic E-state index is -0.602. The van der Waals surface area contributed by atoms with E-state index in [2.05, 4.69) is 5.32 Å². The Hall–Kier alpha value is -1.06. The van der Waals surface area contributed by atoms with Crippen molar-refractivity contribution in [1.29, 1.82) is 0 Å². The lowest BCUT2D eigenvalue weighted by Gasteiger charge is -2.21. The maximum atomic E-state index is 10.7. The molecule has 0 saturated heterocycles. The van der Waals surface area contributed by atoms with Crippen molar-refractivity contribution >= 4 is 17.6 Å². The molecule has 15 heavy (non-hydrogen) atoms. The third-order valence-electron chi connectivity index (χ3n) is 2.13. The predicted molar refractivity (Wildman–Crippen MR) is 60.0 cm³/mol. The summed E-state index contributed by atoms with van der Waals surface area (Å²) < 4.78 is 4.91. The van der Waals surface area contributed by atoms with Crippen molar-refractivity contribution in [2.24, 2.45) is 0 Å². The number of hydrogen-bond acceptors (Lipinski definition) is 3. The third-order valence-corrected chi connectivity index (χ3v) is 2.53. The first-order valence-electron chi connectivity index (χ1n) is 4.62. The second-order valence-electron chi connectivity index (χ2n) is 3.37. The molecule has 0 heterocycles. The SMILES string of the molecule is CNC(C)(Cl)c1ccc(OC(C)=O)cc1. The number of alkyl halides is 1. The van der Waals surface area contributed by atoms with Crippen LogP contribution in [0.5, 0.6) is 5.75 Å². The van der Waals surface area contributed by atoms with Crippen LogP contribution in [0.2, 0.25) is 0 Å². The lowest BCUT2D eigenvalue weighted by molar-refractivity contribution is -0.131. The highest BCUT2D eigenvalue weighted by Crippen LogP contribution is 2.26. The van der Waals surface area contributed by atoms with Crippen molar-refractivity contribution in [1.82, 2.24) is 5.32 Å². The van der Waals surface area contributed by atoms with Gasteiger partial charge in [0.1, 0.15) is 10.7 Å². The summed E-state index contributed by atoms with van der Waals surface area (Å²) >= 11 is 6.19. The number of carbonyl (C=O) groups is 1. The van der Waals surface area contributed by atoms with Gasteiger partial charge >= 0.3 is 5.97 Å². The van der Waals surface area contributed by atoms with Gasteiger partial charge in [-0.25, -0.2) is 0 Å². The average molecular weight is 228 g/mol. The van der Waals surface area contributed by atoms with Crippen LogP contribution >= 0.6 is 11.6 Å². The van der Waals surface area contributed by atoms with Crippen LogP contribution in [0.25, 0.3) is 0 Å². The standard InChI is InChI=1S/C11H14ClNO2/c1-8(14)15-10-6-4-9(5-7-10)11(2,12)13-3/h4-7,13H,1-3H3. The van der Waals surface area contributed by atoms with E-state index in [0.717, 1.165) is 5.56 Å². The fourth-order valence-corrected chi connectivity index (χ4v) is 1.27. The molecule has 0 radical (unpaired) electrons. The highest BCUT2D eigenvalue weighted by atomic mass is 35.5. The van der Waals surface area contributed by atoms with Crippen molar-refractivity contribution < 1.29 is 9.53 Å². The average Bonchev–Trinajstić information content (AvgIpc) is 2.18. The highest BCUT2D eigenvalue weighted by molar-refractivity contribution is 6.23. The van der Waals surface area contributed by atoms with Crippen molar-refractivity contribution in [2.75, 3.05) is 7.05 Å². The summed E-state index contributed by atoms with van der Waals surface area (Å²) in [4.78, 5) is 10.1. The Morgan fingerprint density at radius 1 is 1.40 bits per heavy atom. The second-order valence-corrected chi connectivity index (χ2v) is 4.13. The monoisotopic (exact) mass is 227 g/mol. The summed E-state index contributed by atoms with van der Waals surface area (Å²) in [6.07, 6.45) is 0. The summed E-state index contributed by atoms with van der Waals surface area (Å²) in [5.74, 6) is 0.194. The molecule has 1 atom stereocenters. The molecular weight excluding hydrogens is 214 g/mol. The fourth-order valence-electron chi connectivity index (χ4n) is 1.15. The molecule has 1 rings (SSSR count). The summed E-state index contributed by atoms with van der Waals surface area (Å²) in [6, 6.07) is 7.08. The first-order valence-corrected chi connectivity index (χ1v) is 5.00. The zero-order valence-corrected chi connectivity index (χ0v) is 9.76. The van der Waals surface area contributed by atoms with Crippen LogP contribution in [-0.4, -0.2) is 13.0 Å². The van der Waals surface area contributed by atoms with Gasteiger partial charge in [-0.2, -0.15) is 0 Å². The molecule has 1 aromatic rings. The summed E-state index contributed by atoms with van der Waals surface area (Å²) in [5, 5.41) is 2.98.